The SMILES string of the molecule is CCN(CC)C(=O)C1CCN(C(=O)c2ccccc2OCc2ccc(Cl)cc2)CC1. The normalized spacial score (nSPS) is 14.4. The summed E-state index contributed by atoms with van der Waals surface area (Å²) in [6.45, 7) is 6.99. The molecule has 2 aromatic rings. The second-order valence-electron chi connectivity index (χ2n) is 7.49. The first-order valence-corrected chi connectivity index (χ1v) is 11.0. The van der Waals surface area contributed by atoms with Crippen LogP contribution in [-0.4, -0.2) is 47.8 Å². The van der Waals surface area contributed by atoms with Crippen LogP contribution in [0.1, 0.15) is 42.6 Å². The standard InChI is InChI=1S/C24H29ClN2O3/c1-3-26(4-2)23(28)19-13-15-27(16-14-19)24(29)21-7-5-6-8-22(21)30-17-18-9-11-20(25)12-10-18/h5-12,19H,3-4,13-17H2,1-2H3. The number of likely N-dealkylation sites (tertiary alicyclic amines) is 1. The summed E-state index contributed by atoms with van der Waals surface area (Å²) in [7, 11) is 0. The van der Waals surface area contributed by atoms with Crippen LogP contribution in [0.4, 0.5) is 0 Å². The highest BCUT2D eigenvalue weighted by Crippen LogP contribution is 2.25. The molecule has 0 saturated carbocycles. The maximum absolute atomic E-state index is 13.1. The first-order chi connectivity index (χ1) is 14.5. The van der Waals surface area contributed by atoms with Gasteiger partial charge in [0.05, 0.1) is 5.56 Å². The topological polar surface area (TPSA) is 49.9 Å². The Morgan fingerprint density at radius 1 is 1.03 bits per heavy atom. The van der Waals surface area contributed by atoms with Crippen LogP contribution >= 0.6 is 11.6 Å². The molecule has 2 aromatic carbocycles. The molecule has 0 unspecified atom stereocenters. The lowest BCUT2D eigenvalue weighted by Gasteiger charge is -2.34. The van der Waals surface area contributed by atoms with E-state index in [1.807, 2.05) is 66.1 Å². The number of carbonyl (C=O) groups excluding carboxylic acids is 2. The van der Waals surface area contributed by atoms with Gasteiger partial charge < -0.3 is 14.5 Å². The van der Waals surface area contributed by atoms with Gasteiger partial charge >= 0.3 is 0 Å². The Labute approximate surface area is 183 Å². The first kappa shape index (κ1) is 22.2. The van der Waals surface area contributed by atoms with E-state index in [9.17, 15) is 9.59 Å². The zero-order chi connectivity index (χ0) is 21.5. The van der Waals surface area contributed by atoms with Gasteiger partial charge in [-0.25, -0.2) is 0 Å². The highest BCUT2D eigenvalue weighted by atomic mass is 35.5. The van der Waals surface area contributed by atoms with Crippen molar-refractivity contribution in [3.05, 3.63) is 64.7 Å². The smallest absolute Gasteiger partial charge is 0.257 e. The Morgan fingerprint density at radius 3 is 2.30 bits per heavy atom. The van der Waals surface area contributed by atoms with Gasteiger partial charge in [-0.3, -0.25) is 9.59 Å². The molecule has 0 N–H and O–H groups in total. The first-order valence-electron chi connectivity index (χ1n) is 10.6. The maximum Gasteiger partial charge on any atom is 0.257 e. The molecule has 1 heterocycles. The van der Waals surface area contributed by atoms with Crippen molar-refractivity contribution in [1.82, 2.24) is 9.80 Å². The number of piperidine rings is 1. The number of halogens is 1. The van der Waals surface area contributed by atoms with E-state index in [2.05, 4.69) is 0 Å². The third kappa shape index (κ3) is 5.33. The summed E-state index contributed by atoms with van der Waals surface area (Å²) in [6.07, 6.45) is 1.41. The van der Waals surface area contributed by atoms with Crippen molar-refractivity contribution in [2.45, 2.75) is 33.3 Å². The van der Waals surface area contributed by atoms with E-state index in [1.165, 1.54) is 0 Å². The average molecular weight is 429 g/mol. The van der Waals surface area contributed by atoms with Gasteiger partial charge in [-0.2, -0.15) is 0 Å². The Hall–Kier alpha value is -2.53. The molecule has 30 heavy (non-hydrogen) atoms. The zero-order valence-corrected chi connectivity index (χ0v) is 18.4. The number of para-hydroxylation sites is 1. The monoisotopic (exact) mass is 428 g/mol. The van der Waals surface area contributed by atoms with Gasteiger partial charge in [0.1, 0.15) is 12.4 Å². The van der Waals surface area contributed by atoms with Crippen molar-refractivity contribution >= 4 is 23.4 Å². The Morgan fingerprint density at radius 2 is 1.67 bits per heavy atom. The molecule has 1 aliphatic rings. The second kappa shape index (κ2) is 10.5. The van der Waals surface area contributed by atoms with E-state index in [0.29, 0.717) is 48.9 Å². The van der Waals surface area contributed by atoms with Gasteiger partial charge in [0.15, 0.2) is 0 Å². The lowest BCUT2D eigenvalue weighted by molar-refractivity contribution is -0.136. The number of rotatable bonds is 7. The number of benzene rings is 2. The molecule has 2 amide bonds. The molecule has 0 atom stereocenters. The van der Waals surface area contributed by atoms with Crippen LogP contribution in [0.3, 0.4) is 0 Å². The zero-order valence-electron chi connectivity index (χ0n) is 17.6. The van der Waals surface area contributed by atoms with Gasteiger partial charge in [0, 0.05) is 37.1 Å². The third-order valence-electron chi connectivity index (χ3n) is 5.63. The lowest BCUT2D eigenvalue weighted by Crippen LogP contribution is -2.44. The van der Waals surface area contributed by atoms with E-state index in [4.69, 9.17) is 16.3 Å². The predicted molar refractivity (Wildman–Crippen MR) is 119 cm³/mol. The third-order valence-corrected chi connectivity index (χ3v) is 5.88. The molecule has 5 nitrogen and oxygen atoms in total. The van der Waals surface area contributed by atoms with Crippen LogP contribution in [0, 0.1) is 5.92 Å². The summed E-state index contributed by atoms with van der Waals surface area (Å²) in [6, 6.07) is 14.8. The van der Waals surface area contributed by atoms with Gasteiger partial charge in [-0.1, -0.05) is 35.9 Å². The molecule has 6 heteroatoms. The number of amides is 2. The molecule has 0 radical (unpaired) electrons. The molecule has 0 spiro atoms. The Balaban J connectivity index is 1.62. The van der Waals surface area contributed by atoms with E-state index >= 15 is 0 Å². The molecule has 0 aliphatic carbocycles. The van der Waals surface area contributed by atoms with E-state index in [1.54, 1.807) is 6.07 Å². The van der Waals surface area contributed by atoms with Crippen molar-refractivity contribution < 1.29 is 14.3 Å². The summed E-state index contributed by atoms with van der Waals surface area (Å²) in [5.41, 5.74) is 1.54. The predicted octanol–water partition coefficient (Wildman–Crippen LogP) is 4.64. The van der Waals surface area contributed by atoms with Gasteiger partial charge in [-0.15, -0.1) is 0 Å². The molecule has 1 saturated heterocycles. The van der Waals surface area contributed by atoms with Crippen LogP contribution < -0.4 is 4.74 Å². The quantitative estimate of drug-likeness (QED) is 0.645. The van der Waals surface area contributed by atoms with Crippen molar-refractivity contribution in [3.8, 4) is 5.75 Å². The average Bonchev–Trinajstić information content (AvgIpc) is 2.79. The van der Waals surface area contributed by atoms with Crippen LogP contribution in [0.15, 0.2) is 48.5 Å². The van der Waals surface area contributed by atoms with Gasteiger partial charge in [0.25, 0.3) is 5.91 Å². The molecular weight excluding hydrogens is 400 g/mol. The van der Waals surface area contributed by atoms with Crippen LogP contribution in [-0.2, 0) is 11.4 Å². The lowest BCUT2D eigenvalue weighted by atomic mass is 9.94. The van der Waals surface area contributed by atoms with Crippen molar-refractivity contribution in [3.63, 3.8) is 0 Å². The fraction of sp³-hybridized carbons (Fsp3) is 0.417. The Bertz CT molecular complexity index is 857. The molecule has 160 valence electrons. The van der Waals surface area contributed by atoms with Crippen LogP contribution in [0.2, 0.25) is 5.02 Å². The largest absolute Gasteiger partial charge is 0.488 e. The highest BCUT2D eigenvalue weighted by Gasteiger charge is 2.30. The minimum Gasteiger partial charge on any atom is -0.488 e. The summed E-state index contributed by atoms with van der Waals surface area (Å²) in [5, 5.41) is 0.678. The van der Waals surface area contributed by atoms with Crippen molar-refractivity contribution in [2.24, 2.45) is 5.92 Å². The molecule has 0 aromatic heterocycles. The van der Waals surface area contributed by atoms with E-state index < -0.39 is 0 Å². The summed E-state index contributed by atoms with van der Waals surface area (Å²) in [5.74, 6) is 0.735. The molecule has 1 aliphatic heterocycles. The van der Waals surface area contributed by atoms with Crippen molar-refractivity contribution in [1.29, 1.82) is 0 Å². The highest BCUT2D eigenvalue weighted by molar-refractivity contribution is 6.30. The minimum atomic E-state index is -0.0459. The van der Waals surface area contributed by atoms with Crippen LogP contribution in [0.5, 0.6) is 5.75 Å². The van der Waals surface area contributed by atoms with Crippen LogP contribution in [0.25, 0.3) is 0 Å². The minimum absolute atomic E-state index is 0.00495. The summed E-state index contributed by atoms with van der Waals surface area (Å²) in [4.78, 5) is 29.4. The van der Waals surface area contributed by atoms with Gasteiger partial charge in [0.2, 0.25) is 5.91 Å². The van der Waals surface area contributed by atoms with E-state index in [0.717, 1.165) is 18.7 Å². The summed E-state index contributed by atoms with van der Waals surface area (Å²) >= 11 is 5.93. The molecular formula is C24H29ClN2O3. The number of ether oxygens (including phenoxy) is 1. The fourth-order valence-electron chi connectivity index (χ4n) is 3.80. The number of hydrogen-bond acceptors (Lipinski definition) is 3. The molecule has 0 bridgehead atoms. The number of carbonyl (C=O) groups is 2. The summed E-state index contributed by atoms with van der Waals surface area (Å²) < 4.78 is 5.94. The number of hydrogen-bond donors (Lipinski definition) is 0. The second-order valence-corrected chi connectivity index (χ2v) is 7.92. The maximum atomic E-state index is 13.1. The number of nitrogens with zero attached hydrogens (tertiary/aromatic N) is 2. The van der Waals surface area contributed by atoms with Crippen molar-refractivity contribution in [2.75, 3.05) is 26.2 Å². The van der Waals surface area contributed by atoms with Gasteiger partial charge in [-0.05, 0) is 56.5 Å². The fourth-order valence-corrected chi connectivity index (χ4v) is 3.93. The Kier molecular flexibility index (Phi) is 7.75. The van der Waals surface area contributed by atoms with E-state index in [-0.39, 0.29) is 17.7 Å². The molecule has 1 fully saturated rings. The molecule has 3 rings (SSSR count).